The van der Waals surface area contributed by atoms with Crippen molar-refractivity contribution in [2.45, 2.75) is 116 Å². The minimum atomic E-state index is -1.08. The number of rotatable bonds is 15. The number of carbonyl (C=O) groups excluding carboxylic acids is 5. The molecule has 3 amide bonds. The van der Waals surface area contributed by atoms with E-state index in [-0.39, 0.29) is 37.1 Å². The van der Waals surface area contributed by atoms with E-state index >= 15 is 0 Å². The van der Waals surface area contributed by atoms with Crippen LogP contribution in [-0.4, -0.2) is 67.1 Å². The predicted molar refractivity (Wildman–Crippen MR) is 168 cm³/mol. The molecule has 250 valence electrons. The number of carbonyl (C=O) groups is 5. The molecule has 11 nitrogen and oxygen atoms in total. The second-order valence-electron chi connectivity index (χ2n) is 13.3. The number of methoxy groups -OCH3 is 1. The Hall–Kier alpha value is -3.47. The minimum Gasteiger partial charge on any atom is -0.467 e. The molecular weight excluding hydrogens is 578 g/mol. The van der Waals surface area contributed by atoms with Crippen LogP contribution in [0.25, 0.3) is 0 Å². The maximum absolute atomic E-state index is 14.0. The average molecular weight is 630 g/mol. The second-order valence-corrected chi connectivity index (χ2v) is 13.3. The summed E-state index contributed by atoms with van der Waals surface area (Å²) in [7, 11) is 1.24. The van der Waals surface area contributed by atoms with Crippen molar-refractivity contribution in [2.24, 2.45) is 17.8 Å². The lowest BCUT2D eigenvalue weighted by atomic mass is 9.80. The van der Waals surface area contributed by atoms with Gasteiger partial charge in [-0.25, -0.2) is 9.59 Å². The number of Topliss-reactive ketones (excluding diaryl/α,β-unsaturated/α-hetero) is 1. The Labute approximate surface area is 266 Å². The van der Waals surface area contributed by atoms with Crippen LogP contribution in [0.2, 0.25) is 0 Å². The molecule has 1 heterocycles. The molecule has 45 heavy (non-hydrogen) atoms. The maximum Gasteiger partial charge on any atom is 0.408 e. The van der Waals surface area contributed by atoms with Gasteiger partial charge in [-0.1, -0.05) is 62.4 Å². The first-order valence-electron chi connectivity index (χ1n) is 16.2. The highest BCUT2D eigenvalue weighted by Crippen LogP contribution is 2.31. The summed E-state index contributed by atoms with van der Waals surface area (Å²) in [6, 6.07) is 7.10. The summed E-state index contributed by atoms with van der Waals surface area (Å²) in [5.74, 6) is -2.53. The number of benzene rings is 1. The number of amides is 3. The van der Waals surface area contributed by atoms with Crippen molar-refractivity contribution < 1.29 is 38.2 Å². The zero-order valence-electron chi connectivity index (χ0n) is 27.4. The first kappa shape index (κ1) is 36.0. The number of nitrogens with one attached hydrogen (secondary N) is 3. The van der Waals surface area contributed by atoms with Crippen LogP contribution in [0, 0.1) is 17.8 Å². The summed E-state index contributed by atoms with van der Waals surface area (Å²) in [4.78, 5) is 65.6. The fourth-order valence-corrected chi connectivity index (χ4v) is 6.26. The highest BCUT2D eigenvalue weighted by molar-refractivity contribution is 5.93. The lowest BCUT2D eigenvalue weighted by molar-refractivity contribution is -0.146. The van der Waals surface area contributed by atoms with Gasteiger partial charge in [-0.15, -0.1) is 0 Å². The summed E-state index contributed by atoms with van der Waals surface area (Å²) >= 11 is 0. The zero-order chi connectivity index (χ0) is 33.0. The van der Waals surface area contributed by atoms with Crippen molar-refractivity contribution in [1.29, 1.82) is 0 Å². The normalized spacial score (nSPS) is 19.8. The van der Waals surface area contributed by atoms with Crippen LogP contribution in [0.3, 0.4) is 0 Å². The molecule has 1 saturated carbocycles. The molecular formula is C34H51N3O8. The second kappa shape index (κ2) is 17.3. The molecule has 1 aromatic carbocycles. The Morgan fingerprint density at radius 3 is 2.27 bits per heavy atom. The summed E-state index contributed by atoms with van der Waals surface area (Å²) < 4.78 is 16.4. The summed E-state index contributed by atoms with van der Waals surface area (Å²) in [6.07, 6.45) is 4.66. The number of esters is 1. The van der Waals surface area contributed by atoms with Gasteiger partial charge in [-0.05, 0) is 58.4 Å². The third kappa shape index (κ3) is 12.1. The molecule has 5 atom stereocenters. The standard InChI is InChI=1S/C34H51N3O8/c1-22(45-34(2,3)4)29(37-33(42)44-21-24-14-10-7-11-15-24)28(38)20-26(18-23-12-8-6-9-13-23)31(40)36-27(32(41)43-5)19-25-16-17-35-30(25)39/h7,10-11,14-15,22-23,25-27,29H,6,8-9,12-13,16-21H2,1-5H3,(H,35,39)(H,36,40)(H,37,42)/t22-,25+,26-,27+,29+/m1/s1. The van der Waals surface area contributed by atoms with Gasteiger partial charge >= 0.3 is 12.1 Å². The zero-order valence-corrected chi connectivity index (χ0v) is 27.4. The quantitative estimate of drug-likeness (QED) is 0.244. The van der Waals surface area contributed by atoms with E-state index in [1.165, 1.54) is 7.11 Å². The summed E-state index contributed by atoms with van der Waals surface area (Å²) in [6.45, 7) is 7.83. The Kier molecular flexibility index (Phi) is 13.8. The first-order chi connectivity index (χ1) is 21.4. The van der Waals surface area contributed by atoms with E-state index in [2.05, 4.69) is 16.0 Å². The molecule has 0 spiro atoms. The molecule has 1 aliphatic heterocycles. The Morgan fingerprint density at radius 1 is 0.978 bits per heavy atom. The van der Waals surface area contributed by atoms with E-state index in [0.29, 0.717) is 19.4 Å². The fraction of sp³-hybridized carbons (Fsp3) is 0.676. The van der Waals surface area contributed by atoms with Crippen LogP contribution < -0.4 is 16.0 Å². The molecule has 2 aliphatic rings. The summed E-state index contributed by atoms with van der Waals surface area (Å²) in [5, 5.41) is 8.26. The molecule has 0 radical (unpaired) electrons. The summed E-state index contributed by atoms with van der Waals surface area (Å²) in [5.41, 5.74) is 0.196. The number of ether oxygens (including phenoxy) is 3. The van der Waals surface area contributed by atoms with Gasteiger partial charge in [0.25, 0.3) is 0 Å². The largest absolute Gasteiger partial charge is 0.467 e. The van der Waals surface area contributed by atoms with E-state index in [1.807, 2.05) is 51.1 Å². The molecule has 0 unspecified atom stereocenters. The minimum absolute atomic E-state index is 0.0305. The first-order valence-corrected chi connectivity index (χ1v) is 16.2. The average Bonchev–Trinajstić information content (AvgIpc) is 3.41. The van der Waals surface area contributed by atoms with Crippen LogP contribution in [-0.2, 0) is 40.0 Å². The Balaban J connectivity index is 1.78. The lowest BCUT2D eigenvalue weighted by Crippen LogP contribution is -2.52. The van der Waals surface area contributed by atoms with Gasteiger partial charge in [0.2, 0.25) is 11.8 Å². The molecule has 0 aromatic heterocycles. The van der Waals surface area contributed by atoms with Gasteiger partial charge in [0.05, 0.1) is 18.8 Å². The fourth-order valence-electron chi connectivity index (χ4n) is 6.26. The molecule has 2 fully saturated rings. The highest BCUT2D eigenvalue weighted by atomic mass is 16.6. The van der Waals surface area contributed by atoms with Gasteiger partial charge in [-0.2, -0.15) is 0 Å². The van der Waals surface area contributed by atoms with Crippen LogP contribution in [0.4, 0.5) is 4.79 Å². The van der Waals surface area contributed by atoms with Crippen molar-refractivity contribution in [3.05, 3.63) is 35.9 Å². The van der Waals surface area contributed by atoms with Gasteiger partial charge in [0, 0.05) is 24.8 Å². The van der Waals surface area contributed by atoms with Gasteiger partial charge in [0.15, 0.2) is 5.78 Å². The topological polar surface area (TPSA) is 149 Å². The number of hydrogen-bond acceptors (Lipinski definition) is 8. The SMILES string of the molecule is COC(=O)[C@H](C[C@@H]1CCNC1=O)NC(=O)[C@@H](CC(=O)[C@@H](NC(=O)OCc1ccccc1)[C@@H](C)OC(C)(C)C)CC1CCCCC1. The third-order valence-electron chi connectivity index (χ3n) is 8.49. The van der Waals surface area contributed by atoms with E-state index in [9.17, 15) is 24.0 Å². The van der Waals surface area contributed by atoms with Crippen LogP contribution in [0.5, 0.6) is 0 Å². The third-order valence-corrected chi connectivity index (χ3v) is 8.49. The van der Waals surface area contributed by atoms with Gasteiger partial charge < -0.3 is 30.2 Å². The monoisotopic (exact) mass is 629 g/mol. The molecule has 1 aliphatic carbocycles. The molecule has 0 bridgehead atoms. The van der Waals surface area contributed by atoms with Crippen molar-refractivity contribution >= 4 is 29.7 Å². The van der Waals surface area contributed by atoms with E-state index in [1.54, 1.807) is 6.92 Å². The molecule has 3 N–H and O–H groups in total. The van der Waals surface area contributed by atoms with E-state index in [4.69, 9.17) is 14.2 Å². The Bertz CT molecular complexity index is 1150. The van der Waals surface area contributed by atoms with Crippen LogP contribution in [0.15, 0.2) is 30.3 Å². The van der Waals surface area contributed by atoms with E-state index in [0.717, 1.165) is 37.7 Å². The number of ketones is 1. The molecule has 1 saturated heterocycles. The number of alkyl carbamates (subject to hydrolysis) is 1. The molecule has 11 heteroatoms. The van der Waals surface area contributed by atoms with Gasteiger partial charge in [-0.3, -0.25) is 14.4 Å². The highest BCUT2D eigenvalue weighted by Gasteiger charge is 2.37. The van der Waals surface area contributed by atoms with E-state index < -0.39 is 53.6 Å². The van der Waals surface area contributed by atoms with Crippen molar-refractivity contribution in [1.82, 2.24) is 16.0 Å². The predicted octanol–water partition coefficient (Wildman–Crippen LogP) is 4.21. The van der Waals surface area contributed by atoms with Crippen LogP contribution >= 0.6 is 0 Å². The van der Waals surface area contributed by atoms with Crippen molar-refractivity contribution in [2.75, 3.05) is 13.7 Å². The smallest absolute Gasteiger partial charge is 0.408 e. The van der Waals surface area contributed by atoms with Crippen molar-refractivity contribution in [3.63, 3.8) is 0 Å². The van der Waals surface area contributed by atoms with Gasteiger partial charge in [0.1, 0.15) is 18.7 Å². The van der Waals surface area contributed by atoms with Crippen molar-refractivity contribution in [3.8, 4) is 0 Å². The maximum atomic E-state index is 14.0. The number of hydrogen-bond donors (Lipinski definition) is 3. The molecule has 3 rings (SSSR count). The lowest BCUT2D eigenvalue weighted by Gasteiger charge is -2.32. The molecule has 1 aromatic rings. The van der Waals surface area contributed by atoms with Crippen LogP contribution in [0.1, 0.15) is 91.0 Å². The Morgan fingerprint density at radius 2 is 1.67 bits per heavy atom.